The summed E-state index contributed by atoms with van der Waals surface area (Å²) in [5.41, 5.74) is 2.91. The van der Waals surface area contributed by atoms with Crippen LogP contribution in [-0.2, 0) is 11.3 Å². The van der Waals surface area contributed by atoms with Gasteiger partial charge in [0.05, 0.1) is 11.4 Å². The minimum Gasteiger partial charge on any atom is -0.342 e. The van der Waals surface area contributed by atoms with Crippen LogP contribution >= 0.6 is 23.5 Å². The normalized spacial score (nSPS) is 19.2. The quantitative estimate of drug-likeness (QED) is 0.606. The first-order valence-electron chi connectivity index (χ1n) is 10.6. The summed E-state index contributed by atoms with van der Waals surface area (Å²) >= 11 is 3.55. The van der Waals surface area contributed by atoms with Gasteiger partial charge in [-0.05, 0) is 11.6 Å². The fourth-order valence-electron chi connectivity index (χ4n) is 4.32. The maximum absolute atomic E-state index is 13.6. The Labute approximate surface area is 190 Å². The zero-order chi connectivity index (χ0) is 21.2. The van der Waals surface area contributed by atoms with Crippen molar-refractivity contribution in [1.82, 2.24) is 14.4 Å². The molecule has 7 heteroatoms. The predicted octanol–water partition coefficient (Wildman–Crippen LogP) is 3.78. The molecule has 5 rings (SSSR count). The number of aromatic nitrogens is 1. The van der Waals surface area contributed by atoms with E-state index >= 15 is 0 Å². The van der Waals surface area contributed by atoms with Crippen LogP contribution in [0.1, 0.15) is 15.9 Å². The molecule has 0 saturated carbocycles. The maximum Gasteiger partial charge on any atom is 0.257 e. The van der Waals surface area contributed by atoms with E-state index in [1.165, 1.54) is 5.56 Å². The number of benzene rings is 2. The molecule has 2 amide bonds. The largest absolute Gasteiger partial charge is 0.342 e. The molecule has 0 aliphatic carbocycles. The van der Waals surface area contributed by atoms with E-state index in [1.54, 1.807) is 16.7 Å². The molecule has 2 saturated heterocycles. The van der Waals surface area contributed by atoms with Gasteiger partial charge in [-0.3, -0.25) is 9.59 Å². The summed E-state index contributed by atoms with van der Waals surface area (Å²) < 4.78 is 2.14. The van der Waals surface area contributed by atoms with Gasteiger partial charge in [0.2, 0.25) is 5.91 Å². The molecule has 0 N–H and O–H groups in total. The molecule has 2 aliphatic heterocycles. The number of carbonyl (C=O) groups excluding carboxylic acids is 2. The molecule has 2 aromatic carbocycles. The topological polar surface area (TPSA) is 45.6 Å². The van der Waals surface area contributed by atoms with Crippen molar-refractivity contribution in [3.63, 3.8) is 0 Å². The highest BCUT2D eigenvalue weighted by Crippen LogP contribution is 2.29. The SMILES string of the molecule is O=C(C1CSCN1C(=O)c1cn(Cc2ccccc2)c2ccccc12)N1CCSCC1. The zero-order valence-electron chi connectivity index (χ0n) is 17.3. The maximum atomic E-state index is 13.6. The third-order valence-electron chi connectivity index (χ3n) is 5.97. The lowest BCUT2D eigenvalue weighted by Gasteiger charge is -2.32. The van der Waals surface area contributed by atoms with Crippen molar-refractivity contribution in [2.75, 3.05) is 36.2 Å². The van der Waals surface area contributed by atoms with Gasteiger partial charge in [-0.1, -0.05) is 48.5 Å². The Morgan fingerprint density at radius 3 is 2.48 bits per heavy atom. The van der Waals surface area contributed by atoms with E-state index in [0.717, 1.165) is 35.5 Å². The number of amides is 2. The minimum absolute atomic E-state index is 0.0438. The van der Waals surface area contributed by atoms with Gasteiger partial charge in [-0.25, -0.2) is 0 Å². The first-order valence-corrected chi connectivity index (χ1v) is 12.9. The molecule has 1 atom stereocenters. The third-order valence-corrected chi connectivity index (χ3v) is 7.92. The van der Waals surface area contributed by atoms with Crippen LogP contribution in [0, 0.1) is 0 Å². The van der Waals surface area contributed by atoms with Crippen LogP contribution < -0.4 is 0 Å². The third kappa shape index (κ3) is 4.08. The van der Waals surface area contributed by atoms with Gasteiger partial charge in [0.15, 0.2) is 0 Å². The molecular weight excluding hydrogens is 426 g/mol. The standard InChI is InChI=1S/C24H25N3O2S2/c28-23(27-17-31-16-22(27)24(29)25-10-12-30-13-11-25)20-15-26(14-18-6-2-1-3-7-18)21-9-5-4-8-19(20)21/h1-9,15,22H,10-14,16-17H2. The van der Waals surface area contributed by atoms with E-state index in [4.69, 9.17) is 0 Å². The van der Waals surface area contributed by atoms with Crippen LogP contribution in [0.5, 0.6) is 0 Å². The van der Waals surface area contributed by atoms with Crippen LogP contribution in [0.3, 0.4) is 0 Å². The van der Waals surface area contributed by atoms with Crippen molar-refractivity contribution in [3.05, 3.63) is 71.9 Å². The van der Waals surface area contributed by atoms with Crippen LogP contribution in [0.15, 0.2) is 60.8 Å². The van der Waals surface area contributed by atoms with Crippen molar-refractivity contribution in [1.29, 1.82) is 0 Å². The summed E-state index contributed by atoms with van der Waals surface area (Å²) in [6, 6.07) is 17.9. The molecule has 3 heterocycles. The second-order valence-electron chi connectivity index (χ2n) is 7.90. The van der Waals surface area contributed by atoms with Crippen molar-refractivity contribution in [2.24, 2.45) is 0 Å². The van der Waals surface area contributed by atoms with Crippen molar-refractivity contribution in [2.45, 2.75) is 12.6 Å². The molecule has 1 unspecified atom stereocenters. The van der Waals surface area contributed by atoms with Crippen LogP contribution in [0.2, 0.25) is 0 Å². The number of para-hydroxylation sites is 1. The smallest absolute Gasteiger partial charge is 0.257 e. The molecule has 1 aromatic heterocycles. The Morgan fingerprint density at radius 1 is 0.935 bits per heavy atom. The summed E-state index contributed by atoms with van der Waals surface area (Å²) in [6.07, 6.45) is 1.96. The van der Waals surface area contributed by atoms with Gasteiger partial charge in [0.1, 0.15) is 6.04 Å². The number of hydrogen-bond acceptors (Lipinski definition) is 4. The van der Waals surface area contributed by atoms with Crippen LogP contribution in [0.25, 0.3) is 10.9 Å². The van der Waals surface area contributed by atoms with Gasteiger partial charge in [-0.2, -0.15) is 11.8 Å². The minimum atomic E-state index is -0.364. The molecule has 0 bridgehead atoms. The second kappa shape index (κ2) is 9.01. The number of nitrogens with zero attached hydrogens (tertiary/aromatic N) is 3. The van der Waals surface area contributed by atoms with E-state index in [2.05, 4.69) is 22.8 Å². The molecular formula is C24H25N3O2S2. The van der Waals surface area contributed by atoms with E-state index in [1.807, 2.05) is 59.3 Å². The molecule has 160 valence electrons. The van der Waals surface area contributed by atoms with E-state index in [0.29, 0.717) is 23.7 Å². The van der Waals surface area contributed by atoms with Crippen LogP contribution in [0.4, 0.5) is 0 Å². The Balaban J connectivity index is 1.44. The average molecular weight is 452 g/mol. The summed E-state index contributed by atoms with van der Waals surface area (Å²) in [5, 5.41) is 0.945. The van der Waals surface area contributed by atoms with E-state index < -0.39 is 0 Å². The average Bonchev–Trinajstić information content (AvgIpc) is 3.45. The summed E-state index contributed by atoms with van der Waals surface area (Å²) in [5.74, 6) is 3.26. The van der Waals surface area contributed by atoms with Gasteiger partial charge in [-0.15, -0.1) is 11.8 Å². The molecule has 0 spiro atoms. The number of carbonyl (C=O) groups is 2. The highest BCUT2D eigenvalue weighted by Gasteiger charge is 2.38. The molecule has 0 radical (unpaired) electrons. The Morgan fingerprint density at radius 2 is 1.68 bits per heavy atom. The van der Waals surface area contributed by atoms with Gasteiger partial charge in [0, 0.05) is 54.0 Å². The summed E-state index contributed by atoms with van der Waals surface area (Å²) in [7, 11) is 0. The fraction of sp³-hybridized carbons (Fsp3) is 0.333. The fourth-order valence-corrected chi connectivity index (χ4v) is 6.37. The molecule has 2 fully saturated rings. The van der Waals surface area contributed by atoms with Gasteiger partial charge in [0.25, 0.3) is 5.91 Å². The number of fused-ring (bicyclic) bond motifs is 1. The first kappa shape index (κ1) is 20.5. The van der Waals surface area contributed by atoms with Gasteiger partial charge >= 0.3 is 0 Å². The molecule has 31 heavy (non-hydrogen) atoms. The van der Waals surface area contributed by atoms with Crippen molar-refractivity contribution < 1.29 is 9.59 Å². The number of thioether (sulfide) groups is 2. The predicted molar refractivity (Wildman–Crippen MR) is 129 cm³/mol. The summed E-state index contributed by atoms with van der Waals surface area (Å²) in [6.45, 7) is 2.27. The monoisotopic (exact) mass is 451 g/mol. The highest BCUT2D eigenvalue weighted by molar-refractivity contribution is 7.99. The first-order chi connectivity index (χ1) is 15.2. The summed E-state index contributed by atoms with van der Waals surface area (Å²) in [4.78, 5) is 30.5. The zero-order valence-corrected chi connectivity index (χ0v) is 18.9. The van der Waals surface area contributed by atoms with E-state index in [9.17, 15) is 9.59 Å². The Kier molecular flexibility index (Phi) is 5.96. The molecule has 2 aliphatic rings. The van der Waals surface area contributed by atoms with Crippen molar-refractivity contribution in [3.8, 4) is 0 Å². The number of rotatable bonds is 4. The van der Waals surface area contributed by atoms with Crippen LogP contribution in [-0.4, -0.2) is 68.4 Å². The highest BCUT2D eigenvalue weighted by atomic mass is 32.2. The van der Waals surface area contributed by atoms with Crippen molar-refractivity contribution >= 4 is 46.2 Å². The number of hydrogen-bond donors (Lipinski definition) is 0. The van der Waals surface area contributed by atoms with E-state index in [-0.39, 0.29) is 17.9 Å². The lowest BCUT2D eigenvalue weighted by atomic mass is 10.1. The Hall–Kier alpha value is -2.38. The second-order valence-corrected chi connectivity index (χ2v) is 10.1. The molecule has 3 aromatic rings. The molecule has 5 nitrogen and oxygen atoms in total. The van der Waals surface area contributed by atoms with Gasteiger partial charge < -0.3 is 14.4 Å². The lowest BCUT2D eigenvalue weighted by molar-refractivity contribution is -0.134. The lowest BCUT2D eigenvalue weighted by Crippen LogP contribution is -2.51. The Bertz CT molecular complexity index is 1090.